The van der Waals surface area contributed by atoms with Gasteiger partial charge in [0, 0.05) is 12.4 Å². The molecule has 0 radical (unpaired) electrons. The van der Waals surface area contributed by atoms with Crippen molar-refractivity contribution in [1.29, 1.82) is 0 Å². The maximum absolute atomic E-state index is 4.28. The molecule has 4 heteroatoms. The van der Waals surface area contributed by atoms with Crippen molar-refractivity contribution in [3.8, 4) is 0 Å². The van der Waals surface area contributed by atoms with Gasteiger partial charge in [0.2, 0.25) is 0 Å². The van der Waals surface area contributed by atoms with Crippen LogP contribution in [-0.2, 0) is 0 Å². The van der Waals surface area contributed by atoms with E-state index in [0.717, 1.165) is 0 Å². The molecule has 13 heavy (non-hydrogen) atoms. The maximum atomic E-state index is 4.28. The summed E-state index contributed by atoms with van der Waals surface area (Å²) in [7, 11) is 0. The average molecular weight is 175 g/mol. The number of aromatic nitrogens is 2. The predicted molar refractivity (Wildman–Crippen MR) is 52.2 cm³/mol. The molecule has 1 heterocycles. The molecule has 0 aliphatic rings. The van der Waals surface area contributed by atoms with E-state index in [1.807, 2.05) is 0 Å². The number of imidazole rings is 1. The summed E-state index contributed by atoms with van der Waals surface area (Å²) >= 11 is 0. The van der Waals surface area contributed by atoms with Gasteiger partial charge in [-0.2, -0.15) is 0 Å². The largest absolute Gasteiger partial charge is 1.00 e. The van der Waals surface area contributed by atoms with Crippen molar-refractivity contribution in [3.05, 3.63) is 24.0 Å². The maximum Gasteiger partial charge on any atom is 1.00 e. The summed E-state index contributed by atoms with van der Waals surface area (Å²) in [6, 6.07) is 1.000. The molecule has 0 saturated carbocycles. The quantitative estimate of drug-likeness (QED) is 0.610. The summed E-state index contributed by atoms with van der Waals surface area (Å²) < 4.78 is 0. The fourth-order valence-electron chi connectivity index (χ4n) is 0.811. The van der Waals surface area contributed by atoms with Gasteiger partial charge in [-0.15, -0.1) is 12.1 Å². The van der Waals surface area contributed by atoms with Gasteiger partial charge < -0.3 is 10.3 Å². The SMILES string of the molecule is CC(C)[N-]C(C)C.[Li+].c1c[nH]cn1. The summed E-state index contributed by atoms with van der Waals surface area (Å²) in [6.45, 7) is 8.39. The minimum Gasteiger partial charge on any atom is -0.658 e. The Morgan fingerprint density at radius 2 is 1.69 bits per heavy atom. The first-order valence-electron chi connectivity index (χ1n) is 4.25. The van der Waals surface area contributed by atoms with Crippen LogP contribution in [0.3, 0.4) is 0 Å². The first-order chi connectivity index (χ1) is 5.63. The third kappa shape index (κ3) is 14.6. The fraction of sp³-hybridized carbons (Fsp3) is 0.667. The van der Waals surface area contributed by atoms with E-state index in [9.17, 15) is 0 Å². The molecule has 0 aliphatic carbocycles. The van der Waals surface area contributed by atoms with E-state index in [0.29, 0.717) is 12.1 Å². The molecule has 0 aliphatic heterocycles. The van der Waals surface area contributed by atoms with Crippen molar-refractivity contribution in [3.63, 3.8) is 0 Å². The van der Waals surface area contributed by atoms with Gasteiger partial charge in [-0.3, -0.25) is 0 Å². The van der Waals surface area contributed by atoms with Crippen LogP contribution in [0.15, 0.2) is 18.7 Å². The third-order valence-corrected chi connectivity index (χ3v) is 1.00. The molecule has 0 aromatic carbocycles. The molecule has 1 aromatic heterocycles. The summed E-state index contributed by atoms with van der Waals surface area (Å²) in [5, 5.41) is 4.28. The van der Waals surface area contributed by atoms with Gasteiger partial charge in [0.05, 0.1) is 6.33 Å². The van der Waals surface area contributed by atoms with Gasteiger partial charge in [-0.1, -0.05) is 27.7 Å². The van der Waals surface area contributed by atoms with Crippen molar-refractivity contribution in [1.82, 2.24) is 9.97 Å². The third-order valence-electron chi connectivity index (χ3n) is 1.00. The summed E-state index contributed by atoms with van der Waals surface area (Å²) in [4.78, 5) is 6.42. The molecule has 1 rings (SSSR count). The Bertz CT molecular complexity index is 138. The monoisotopic (exact) mass is 175 g/mol. The van der Waals surface area contributed by atoms with Crippen molar-refractivity contribution in [2.24, 2.45) is 0 Å². The number of aromatic amines is 1. The van der Waals surface area contributed by atoms with Crippen LogP contribution in [0.1, 0.15) is 27.7 Å². The van der Waals surface area contributed by atoms with Crippen molar-refractivity contribution < 1.29 is 18.9 Å². The molecule has 3 nitrogen and oxygen atoms in total. The van der Waals surface area contributed by atoms with Gasteiger partial charge in [0.1, 0.15) is 0 Å². The minimum absolute atomic E-state index is 0. The van der Waals surface area contributed by atoms with E-state index < -0.39 is 0 Å². The number of rotatable bonds is 2. The van der Waals surface area contributed by atoms with Gasteiger partial charge in [0.15, 0.2) is 0 Å². The molecule has 1 aromatic rings. The Morgan fingerprint density at radius 1 is 1.15 bits per heavy atom. The smallest absolute Gasteiger partial charge is 0.658 e. The van der Waals surface area contributed by atoms with Crippen LogP contribution in [0.4, 0.5) is 0 Å². The normalized spacial score (nSPS) is 9.08. The number of nitrogens with zero attached hydrogens (tertiary/aromatic N) is 2. The molecule has 0 atom stereocenters. The number of nitrogens with one attached hydrogen (secondary N) is 1. The zero-order valence-corrected chi connectivity index (χ0v) is 9.28. The molecular weight excluding hydrogens is 157 g/mol. The van der Waals surface area contributed by atoms with E-state index in [2.05, 4.69) is 43.0 Å². The van der Waals surface area contributed by atoms with E-state index in [4.69, 9.17) is 0 Å². The fourth-order valence-corrected chi connectivity index (χ4v) is 0.811. The molecule has 0 spiro atoms. The number of H-pyrrole nitrogens is 1. The van der Waals surface area contributed by atoms with E-state index >= 15 is 0 Å². The van der Waals surface area contributed by atoms with Crippen molar-refractivity contribution in [2.75, 3.05) is 0 Å². The molecule has 0 saturated heterocycles. The molecular formula is C9H18LiN3. The first kappa shape index (κ1) is 15.2. The number of hydrogen-bond donors (Lipinski definition) is 1. The molecule has 70 valence electrons. The van der Waals surface area contributed by atoms with Crippen LogP contribution >= 0.6 is 0 Å². The minimum atomic E-state index is 0. The Kier molecular flexibility index (Phi) is 11.6. The van der Waals surface area contributed by atoms with E-state index in [-0.39, 0.29) is 18.9 Å². The van der Waals surface area contributed by atoms with Crippen LogP contribution in [0.2, 0.25) is 0 Å². The summed E-state index contributed by atoms with van der Waals surface area (Å²) in [6.07, 6.45) is 5.08. The van der Waals surface area contributed by atoms with Gasteiger partial charge in [0.25, 0.3) is 0 Å². The Morgan fingerprint density at radius 3 is 1.77 bits per heavy atom. The first-order valence-corrected chi connectivity index (χ1v) is 4.25. The Hall–Kier alpha value is -0.233. The standard InChI is InChI=1S/C6H14N.C3H4N2.Li/c1-5(2)7-6(3)4;1-2-5-3-4-1;/h5-6H,1-4H3;1-3H,(H,4,5);/q-1;;+1. The molecule has 0 unspecified atom stereocenters. The van der Waals surface area contributed by atoms with Crippen LogP contribution in [0.5, 0.6) is 0 Å². The Labute approximate surface area is 92.9 Å². The van der Waals surface area contributed by atoms with E-state index in [1.165, 1.54) is 0 Å². The van der Waals surface area contributed by atoms with Gasteiger partial charge >= 0.3 is 18.9 Å². The second-order valence-electron chi connectivity index (χ2n) is 3.10. The second-order valence-corrected chi connectivity index (χ2v) is 3.10. The second kappa shape index (κ2) is 9.85. The van der Waals surface area contributed by atoms with Gasteiger partial charge in [-0.05, 0) is 0 Å². The summed E-state index contributed by atoms with van der Waals surface area (Å²) in [5.74, 6) is 0. The molecule has 0 fully saturated rings. The molecule has 0 bridgehead atoms. The van der Waals surface area contributed by atoms with Crippen molar-refractivity contribution >= 4 is 0 Å². The Balaban J connectivity index is 0. The zero-order valence-electron chi connectivity index (χ0n) is 9.28. The van der Waals surface area contributed by atoms with Crippen LogP contribution in [0, 0.1) is 0 Å². The molecule has 1 N–H and O–H groups in total. The topological polar surface area (TPSA) is 42.8 Å². The zero-order chi connectivity index (χ0) is 9.40. The predicted octanol–water partition coefficient (Wildman–Crippen LogP) is -0.409. The molecule has 0 amide bonds. The number of hydrogen-bond acceptors (Lipinski definition) is 1. The van der Waals surface area contributed by atoms with Crippen LogP contribution in [-0.4, -0.2) is 22.1 Å². The van der Waals surface area contributed by atoms with Gasteiger partial charge in [-0.25, -0.2) is 4.98 Å². The van der Waals surface area contributed by atoms with Crippen molar-refractivity contribution in [2.45, 2.75) is 39.8 Å². The van der Waals surface area contributed by atoms with Crippen LogP contribution < -0.4 is 18.9 Å². The average Bonchev–Trinajstić information content (AvgIpc) is 2.36. The van der Waals surface area contributed by atoms with Crippen LogP contribution in [0.25, 0.3) is 5.32 Å². The van der Waals surface area contributed by atoms with E-state index in [1.54, 1.807) is 18.7 Å². The summed E-state index contributed by atoms with van der Waals surface area (Å²) in [5.41, 5.74) is 0.